The number of nitrogens with zero attached hydrogens (tertiary/aromatic N) is 2. The highest BCUT2D eigenvalue weighted by Crippen LogP contribution is 2.38. The number of aromatic nitrogens is 2. The molecular weight excluding hydrogens is 572 g/mol. The minimum absolute atomic E-state index is 0.228. The number of amides is 2. The van der Waals surface area contributed by atoms with E-state index in [1.165, 1.54) is 7.11 Å². The van der Waals surface area contributed by atoms with Crippen molar-refractivity contribution in [1.82, 2.24) is 9.97 Å². The van der Waals surface area contributed by atoms with Crippen LogP contribution in [0.2, 0.25) is 0 Å². The van der Waals surface area contributed by atoms with Gasteiger partial charge in [0, 0.05) is 46.9 Å². The molecule has 8 nitrogen and oxygen atoms in total. The zero-order valence-corrected chi connectivity index (χ0v) is 26.3. The largest absolute Gasteiger partial charge is 0.493 e. The van der Waals surface area contributed by atoms with Gasteiger partial charge in [0.05, 0.1) is 34.2 Å². The summed E-state index contributed by atoms with van der Waals surface area (Å²) in [7, 11) is 0.188. The molecule has 0 radical (unpaired) electrons. The molecule has 44 heavy (non-hydrogen) atoms. The maximum atomic E-state index is 13.3. The molecule has 2 aromatic heterocycles. The molecule has 0 saturated heterocycles. The number of carbonyl (C=O) groups excluding carboxylic acids is 1. The third-order valence-electron chi connectivity index (χ3n) is 7.19. The average Bonchev–Trinajstić information content (AvgIpc) is 3.01. The second-order valence-corrected chi connectivity index (χ2v) is 12.7. The number of methoxy groups -OCH3 is 1. The van der Waals surface area contributed by atoms with E-state index in [0.717, 1.165) is 40.6 Å². The molecule has 2 N–H and O–H groups in total. The number of anilines is 2. The molecular formula is C35H36N4O4S. The summed E-state index contributed by atoms with van der Waals surface area (Å²) in [5.41, 5.74) is 3.69. The van der Waals surface area contributed by atoms with Gasteiger partial charge >= 0.3 is 6.03 Å². The highest BCUT2D eigenvalue weighted by atomic mass is 32.2. The van der Waals surface area contributed by atoms with Crippen LogP contribution >= 0.6 is 0 Å². The Morgan fingerprint density at radius 1 is 0.818 bits per heavy atom. The summed E-state index contributed by atoms with van der Waals surface area (Å²) in [6.45, 7) is 6.18. The van der Waals surface area contributed by atoms with E-state index in [4.69, 9.17) is 9.47 Å². The van der Waals surface area contributed by atoms with Gasteiger partial charge in [-0.05, 0) is 66.3 Å². The van der Waals surface area contributed by atoms with Crippen molar-refractivity contribution >= 4 is 39.0 Å². The molecule has 0 spiro atoms. The van der Waals surface area contributed by atoms with E-state index in [0.29, 0.717) is 33.5 Å². The second kappa shape index (κ2) is 13.3. The van der Waals surface area contributed by atoms with Crippen molar-refractivity contribution in [2.24, 2.45) is 0 Å². The number of rotatable bonds is 9. The number of nitrogens with one attached hydrogen (secondary N) is 2. The fourth-order valence-electron chi connectivity index (χ4n) is 4.88. The van der Waals surface area contributed by atoms with Crippen LogP contribution in [0.25, 0.3) is 10.8 Å². The van der Waals surface area contributed by atoms with Crippen molar-refractivity contribution in [3.05, 3.63) is 108 Å². The van der Waals surface area contributed by atoms with Gasteiger partial charge in [-0.3, -0.25) is 14.2 Å². The van der Waals surface area contributed by atoms with E-state index >= 15 is 0 Å². The molecule has 0 aliphatic carbocycles. The van der Waals surface area contributed by atoms with E-state index in [1.807, 2.05) is 78.9 Å². The third kappa shape index (κ3) is 7.23. The molecule has 2 heterocycles. The molecule has 0 saturated carbocycles. The first-order chi connectivity index (χ1) is 21.1. The fourth-order valence-corrected chi connectivity index (χ4v) is 5.63. The molecule has 2 amide bonds. The summed E-state index contributed by atoms with van der Waals surface area (Å²) >= 11 is 0. The van der Waals surface area contributed by atoms with Crippen LogP contribution in [0, 0.1) is 0 Å². The minimum atomic E-state index is -1.32. The molecule has 1 unspecified atom stereocenters. The van der Waals surface area contributed by atoms with Crippen LogP contribution in [0.5, 0.6) is 17.2 Å². The van der Waals surface area contributed by atoms with Crippen molar-refractivity contribution in [3.8, 4) is 17.2 Å². The first-order valence-corrected chi connectivity index (χ1v) is 15.9. The lowest BCUT2D eigenvalue weighted by Crippen LogP contribution is -2.21. The number of carbonyl (C=O) groups is 1. The van der Waals surface area contributed by atoms with Gasteiger partial charge in [-0.15, -0.1) is 0 Å². The Morgan fingerprint density at radius 2 is 1.52 bits per heavy atom. The number of benzene rings is 3. The second-order valence-electron chi connectivity index (χ2n) is 11.4. The molecule has 0 aliphatic heterocycles. The molecule has 3 aromatic carbocycles. The predicted molar refractivity (Wildman–Crippen MR) is 177 cm³/mol. The van der Waals surface area contributed by atoms with Crippen LogP contribution in [0.15, 0.2) is 96.2 Å². The normalized spacial score (nSPS) is 12.0. The van der Waals surface area contributed by atoms with Crippen LogP contribution < -0.4 is 20.1 Å². The Kier molecular flexibility index (Phi) is 9.25. The monoisotopic (exact) mass is 608 g/mol. The Hall–Kier alpha value is -4.76. The quantitative estimate of drug-likeness (QED) is 0.176. The smallest absolute Gasteiger partial charge is 0.323 e. The molecule has 1 atom stereocenters. The van der Waals surface area contributed by atoms with E-state index in [-0.39, 0.29) is 5.41 Å². The van der Waals surface area contributed by atoms with Gasteiger partial charge in [0.15, 0.2) is 5.75 Å². The van der Waals surface area contributed by atoms with Crippen molar-refractivity contribution in [2.75, 3.05) is 24.0 Å². The highest BCUT2D eigenvalue weighted by Gasteiger charge is 2.22. The summed E-state index contributed by atoms with van der Waals surface area (Å²) in [5.74, 6) is 1.71. The Morgan fingerprint density at radius 3 is 2.23 bits per heavy atom. The van der Waals surface area contributed by atoms with Gasteiger partial charge < -0.3 is 20.1 Å². The van der Waals surface area contributed by atoms with Crippen LogP contribution in [-0.4, -0.2) is 33.6 Å². The van der Waals surface area contributed by atoms with E-state index in [1.54, 1.807) is 18.6 Å². The SMILES string of the molecule is COc1c(NC(=O)Nc2ccc(Oc3ccnc(CCc4ccccn4)c3)c3ccccc23)cc(C(C)(C)C)cc1S(C)=O. The number of aryl methyl sites for hydroxylation is 2. The summed E-state index contributed by atoms with van der Waals surface area (Å²) in [4.78, 5) is 22.7. The zero-order chi connectivity index (χ0) is 31.3. The number of ether oxygens (including phenoxy) is 2. The number of pyridine rings is 2. The third-order valence-corrected chi connectivity index (χ3v) is 8.12. The Balaban J connectivity index is 1.37. The van der Waals surface area contributed by atoms with E-state index in [2.05, 4.69) is 41.4 Å². The van der Waals surface area contributed by atoms with Crippen LogP contribution in [0.1, 0.15) is 37.7 Å². The standard InChI is InChI=1S/C35H36N4O4S/c1-35(2,3)23-20-30(33(42-4)32(21-23)44(5)41)39-34(40)38-29-15-16-31(28-12-7-6-11-27(28)29)43-26-17-19-37-25(22-26)14-13-24-10-8-9-18-36-24/h6-12,15-22H,13-14H2,1-5H3,(H2,38,39,40). The number of fused-ring (bicyclic) bond motifs is 1. The lowest BCUT2D eigenvalue weighted by atomic mass is 9.86. The minimum Gasteiger partial charge on any atom is -0.493 e. The molecule has 5 rings (SSSR count). The van der Waals surface area contributed by atoms with Gasteiger partial charge in [0.25, 0.3) is 0 Å². The molecule has 226 valence electrons. The summed E-state index contributed by atoms with van der Waals surface area (Å²) < 4.78 is 24.4. The number of urea groups is 1. The average molecular weight is 609 g/mol. The number of hydrogen-bond acceptors (Lipinski definition) is 6. The maximum absolute atomic E-state index is 13.3. The molecule has 9 heteroatoms. The first-order valence-electron chi connectivity index (χ1n) is 14.3. The topological polar surface area (TPSA) is 102 Å². The molecule has 0 fully saturated rings. The predicted octanol–water partition coefficient (Wildman–Crippen LogP) is 7.89. The molecule has 0 aliphatic rings. The Labute approximate surface area is 260 Å². The summed E-state index contributed by atoms with van der Waals surface area (Å²) in [5, 5.41) is 7.54. The number of hydrogen-bond donors (Lipinski definition) is 2. The summed E-state index contributed by atoms with van der Waals surface area (Å²) in [6.07, 6.45) is 6.66. The van der Waals surface area contributed by atoms with Gasteiger partial charge in [-0.1, -0.05) is 51.1 Å². The molecule has 5 aromatic rings. The van der Waals surface area contributed by atoms with Crippen molar-refractivity contribution in [2.45, 2.75) is 43.9 Å². The van der Waals surface area contributed by atoms with Gasteiger partial charge in [-0.25, -0.2) is 4.79 Å². The molecule has 0 bridgehead atoms. The van der Waals surface area contributed by atoms with Crippen LogP contribution in [0.4, 0.5) is 16.2 Å². The van der Waals surface area contributed by atoms with Gasteiger partial charge in [-0.2, -0.15) is 0 Å². The van der Waals surface area contributed by atoms with E-state index in [9.17, 15) is 9.00 Å². The van der Waals surface area contributed by atoms with Gasteiger partial charge in [0.2, 0.25) is 0 Å². The zero-order valence-electron chi connectivity index (χ0n) is 25.5. The summed E-state index contributed by atoms with van der Waals surface area (Å²) in [6, 6.07) is 24.3. The van der Waals surface area contributed by atoms with E-state index < -0.39 is 16.8 Å². The van der Waals surface area contributed by atoms with Crippen LogP contribution in [-0.2, 0) is 29.1 Å². The maximum Gasteiger partial charge on any atom is 0.323 e. The first kappa shape index (κ1) is 30.7. The van der Waals surface area contributed by atoms with Crippen LogP contribution in [0.3, 0.4) is 0 Å². The fraction of sp³-hybridized carbons (Fsp3) is 0.229. The van der Waals surface area contributed by atoms with Gasteiger partial charge in [0.1, 0.15) is 11.5 Å². The van der Waals surface area contributed by atoms with Crippen molar-refractivity contribution < 1.29 is 18.5 Å². The Bertz CT molecular complexity index is 1820. The highest BCUT2D eigenvalue weighted by molar-refractivity contribution is 7.84. The lowest BCUT2D eigenvalue weighted by Gasteiger charge is -2.23. The lowest BCUT2D eigenvalue weighted by molar-refractivity contribution is 0.262. The van der Waals surface area contributed by atoms with Crippen molar-refractivity contribution in [1.29, 1.82) is 0 Å². The van der Waals surface area contributed by atoms with Crippen molar-refractivity contribution in [3.63, 3.8) is 0 Å².